The molecule has 7 nitrogen and oxygen atoms in total. The van der Waals surface area contributed by atoms with Gasteiger partial charge in [-0.15, -0.1) is 0 Å². The van der Waals surface area contributed by atoms with Crippen LogP contribution in [0.4, 0.5) is 0 Å². The fourth-order valence-electron chi connectivity index (χ4n) is 1.18. The number of hydrogen-bond acceptors (Lipinski definition) is 5. The molecule has 0 saturated carbocycles. The molecule has 7 heteroatoms. The van der Waals surface area contributed by atoms with Crippen molar-refractivity contribution in [1.82, 2.24) is 9.30 Å². The SMILES string of the molecule is CC(C)/N=c1/oc(=O)n(O)c(=O)n1C(C)C. The molecule has 1 rings (SSSR count). The maximum absolute atomic E-state index is 11.6. The van der Waals surface area contributed by atoms with E-state index >= 15 is 0 Å². The van der Waals surface area contributed by atoms with Crippen molar-refractivity contribution in [3.63, 3.8) is 0 Å². The van der Waals surface area contributed by atoms with Crippen molar-refractivity contribution in [2.45, 2.75) is 39.8 Å². The van der Waals surface area contributed by atoms with Gasteiger partial charge < -0.3 is 9.62 Å². The summed E-state index contributed by atoms with van der Waals surface area (Å²) < 4.78 is 5.79. The first-order valence-electron chi connectivity index (χ1n) is 4.96. The van der Waals surface area contributed by atoms with Crippen LogP contribution in [0, 0.1) is 0 Å². The fraction of sp³-hybridized carbons (Fsp3) is 0.667. The quantitative estimate of drug-likeness (QED) is 0.707. The number of nitrogens with zero attached hydrogens (tertiary/aromatic N) is 3. The van der Waals surface area contributed by atoms with E-state index in [2.05, 4.69) is 4.99 Å². The highest BCUT2D eigenvalue weighted by Crippen LogP contribution is 1.93. The van der Waals surface area contributed by atoms with E-state index < -0.39 is 11.4 Å². The highest BCUT2D eigenvalue weighted by molar-refractivity contribution is 4.70. The number of aromatic nitrogens is 2. The zero-order valence-corrected chi connectivity index (χ0v) is 9.67. The highest BCUT2D eigenvalue weighted by atomic mass is 16.5. The van der Waals surface area contributed by atoms with Crippen LogP contribution in [0.5, 0.6) is 0 Å². The minimum absolute atomic E-state index is 0.0701. The molecule has 0 aliphatic carbocycles. The predicted molar refractivity (Wildman–Crippen MR) is 55.5 cm³/mol. The van der Waals surface area contributed by atoms with Gasteiger partial charge in [0.2, 0.25) is 0 Å². The lowest BCUT2D eigenvalue weighted by Gasteiger charge is -2.09. The third kappa shape index (κ3) is 2.23. The van der Waals surface area contributed by atoms with Gasteiger partial charge in [-0.25, -0.2) is 19.1 Å². The molecule has 0 fully saturated rings. The minimum Gasteiger partial charge on any atom is -0.419 e. The molecular formula is C9H15N3O4. The average molecular weight is 229 g/mol. The first-order chi connectivity index (χ1) is 7.34. The molecule has 0 bridgehead atoms. The van der Waals surface area contributed by atoms with Crippen LogP contribution in [0.2, 0.25) is 0 Å². The average Bonchev–Trinajstić information content (AvgIpc) is 2.12. The Morgan fingerprint density at radius 3 is 2.25 bits per heavy atom. The molecule has 0 aromatic carbocycles. The first-order valence-corrected chi connectivity index (χ1v) is 4.96. The van der Waals surface area contributed by atoms with Gasteiger partial charge in [-0.3, -0.25) is 0 Å². The van der Waals surface area contributed by atoms with Crippen molar-refractivity contribution in [3.05, 3.63) is 26.7 Å². The Morgan fingerprint density at radius 1 is 1.25 bits per heavy atom. The van der Waals surface area contributed by atoms with Gasteiger partial charge in [-0.2, -0.15) is 0 Å². The van der Waals surface area contributed by atoms with Crippen LogP contribution in [0.15, 0.2) is 19.0 Å². The lowest BCUT2D eigenvalue weighted by Crippen LogP contribution is -2.47. The molecule has 0 radical (unpaired) electrons. The van der Waals surface area contributed by atoms with Crippen LogP contribution in [-0.2, 0) is 0 Å². The second kappa shape index (κ2) is 4.38. The minimum atomic E-state index is -1.14. The second-order valence-electron chi connectivity index (χ2n) is 3.93. The van der Waals surface area contributed by atoms with Gasteiger partial charge in [-0.05, 0) is 27.7 Å². The summed E-state index contributed by atoms with van der Waals surface area (Å²) in [5.74, 6) is -1.14. The third-order valence-corrected chi connectivity index (χ3v) is 1.83. The van der Waals surface area contributed by atoms with E-state index in [1.165, 1.54) is 0 Å². The van der Waals surface area contributed by atoms with Gasteiger partial charge in [0, 0.05) is 12.1 Å². The molecule has 0 unspecified atom stereocenters. The van der Waals surface area contributed by atoms with Gasteiger partial charge in [0.05, 0.1) is 0 Å². The molecule has 1 N–H and O–H groups in total. The Kier molecular flexibility index (Phi) is 3.36. The summed E-state index contributed by atoms with van der Waals surface area (Å²) in [7, 11) is 0. The summed E-state index contributed by atoms with van der Waals surface area (Å²) in [4.78, 5) is 26.7. The molecule has 0 amide bonds. The first kappa shape index (κ1) is 12.3. The Balaban J connectivity index is 3.75. The number of rotatable bonds is 2. The monoisotopic (exact) mass is 229 g/mol. The smallest absolute Gasteiger partial charge is 0.419 e. The van der Waals surface area contributed by atoms with E-state index in [-0.39, 0.29) is 22.5 Å². The van der Waals surface area contributed by atoms with E-state index in [1.54, 1.807) is 27.7 Å². The highest BCUT2D eigenvalue weighted by Gasteiger charge is 2.12. The molecule has 0 atom stereocenters. The Bertz CT molecular complexity index is 547. The lowest BCUT2D eigenvalue weighted by molar-refractivity contribution is 0.105. The molecular weight excluding hydrogens is 214 g/mol. The molecule has 90 valence electrons. The molecule has 1 heterocycles. The van der Waals surface area contributed by atoms with Crippen LogP contribution in [0.3, 0.4) is 0 Å². The van der Waals surface area contributed by atoms with E-state index in [1.807, 2.05) is 0 Å². The Labute approximate surface area is 91.3 Å². The van der Waals surface area contributed by atoms with Crippen LogP contribution < -0.4 is 17.1 Å². The van der Waals surface area contributed by atoms with Gasteiger partial charge in [0.1, 0.15) is 0 Å². The van der Waals surface area contributed by atoms with Crippen LogP contribution in [0.25, 0.3) is 0 Å². The summed E-state index contributed by atoms with van der Waals surface area (Å²) in [5, 5.41) is 9.13. The molecule has 0 aliphatic heterocycles. The van der Waals surface area contributed by atoms with E-state index in [0.717, 1.165) is 4.57 Å². The van der Waals surface area contributed by atoms with E-state index in [0.29, 0.717) is 0 Å². The van der Waals surface area contributed by atoms with Crippen molar-refractivity contribution in [1.29, 1.82) is 0 Å². The molecule has 0 saturated heterocycles. The Morgan fingerprint density at radius 2 is 1.81 bits per heavy atom. The van der Waals surface area contributed by atoms with Crippen molar-refractivity contribution < 1.29 is 9.62 Å². The maximum atomic E-state index is 11.6. The van der Waals surface area contributed by atoms with Gasteiger partial charge in [-0.1, -0.05) is 4.73 Å². The molecule has 0 aliphatic rings. The third-order valence-electron chi connectivity index (χ3n) is 1.83. The summed E-state index contributed by atoms with van der Waals surface area (Å²) in [6.07, 6.45) is 0. The summed E-state index contributed by atoms with van der Waals surface area (Å²) in [5.41, 5.74) is -0.934. The molecule has 1 aromatic rings. The largest absolute Gasteiger partial charge is 0.459 e. The van der Waals surface area contributed by atoms with Crippen LogP contribution in [-0.4, -0.2) is 20.5 Å². The van der Waals surface area contributed by atoms with E-state index in [9.17, 15) is 9.59 Å². The maximum Gasteiger partial charge on any atom is 0.459 e. The normalized spacial score (nSPS) is 12.8. The van der Waals surface area contributed by atoms with Gasteiger partial charge >= 0.3 is 17.1 Å². The van der Waals surface area contributed by atoms with Crippen LogP contribution >= 0.6 is 0 Å². The molecule has 1 aromatic heterocycles. The zero-order chi connectivity index (χ0) is 12.5. The van der Waals surface area contributed by atoms with Crippen molar-refractivity contribution >= 4 is 0 Å². The number of hydrogen-bond donors (Lipinski definition) is 1. The predicted octanol–water partition coefficient (Wildman–Crippen LogP) is -0.270. The molecule has 0 spiro atoms. The summed E-state index contributed by atoms with van der Waals surface area (Å²) in [6, 6.07) is -0.394. The summed E-state index contributed by atoms with van der Waals surface area (Å²) >= 11 is 0. The fourth-order valence-corrected chi connectivity index (χ4v) is 1.18. The Hall–Kier alpha value is -1.79. The van der Waals surface area contributed by atoms with Crippen molar-refractivity contribution in [2.75, 3.05) is 0 Å². The van der Waals surface area contributed by atoms with Crippen molar-refractivity contribution in [2.24, 2.45) is 4.99 Å². The van der Waals surface area contributed by atoms with Crippen LogP contribution in [0.1, 0.15) is 33.7 Å². The topological polar surface area (TPSA) is 89.7 Å². The zero-order valence-electron chi connectivity index (χ0n) is 9.67. The van der Waals surface area contributed by atoms with E-state index in [4.69, 9.17) is 9.62 Å². The van der Waals surface area contributed by atoms with Crippen molar-refractivity contribution in [3.8, 4) is 0 Å². The lowest BCUT2D eigenvalue weighted by atomic mass is 10.4. The van der Waals surface area contributed by atoms with Gasteiger partial charge in [0.15, 0.2) is 0 Å². The van der Waals surface area contributed by atoms with Gasteiger partial charge in [0.25, 0.3) is 0 Å². The summed E-state index contributed by atoms with van der Waals surface area (Å²) in [6.45, 7) is 7.02. The molecule has 16 heavy (non-hydrogen) atoms. The standard InChI is InChI=1S/C9H15N3O4/c1-5(2)10-7-11(6(3)4)8(13)12(15)9(14)16-7/h5-6,15H,1-4H3/b10-7+. The second-order valence-corrected chi connectivity index (χ2v) is 3.93.